The van der Waals surface area contributed by atoms with Crippen molar-refractivity contribution >= 4 is 17.5 Å². The molecule has 2 amide bonds. The molecule has 1 aliphatic heterocycles. The summed E-state index contributed by atoms with van der Waals surface area (Å²) in [4.78, 5) is 26.4. The molecule has 21 heavy (non-hydrogen) atoms. The van der Waals surface area contributed by atoms with Gasteiger partial charge in [0.2, 0.25) is 11.8 Å². The van der Waals surface area contributed by atoms with E-state index < -0.39 is 0 Å². The van der Waals surface area contributed by atoms with Gasteiger partial charge >= 0.3 is 0 Å². The topological polar surface area (TPSA) is 57.6 Å². The SMILES string of the molecule is CC1CC2C(=O)N(c3ccccc3C#CCO)C(=O)C2C1. The number of imide groups is 1. The summed E-state index contributed by atoms with van der Waals surface area (Å²) in [5.74, 6) is 5.25. The minimum absolute atomic E-state index is 0.104. The molecular formula is C17H17NO3. The molecule has 4 heteroatoms. The van der Waals surface area contributed by atoms with Crippen LogP contribution in [0.2, 0.25) is 0 Å². The first kappa shape index (κ1) is 13.8. The minimum Gasteiger partial charge on any atom is -0.384 e. The van der Waals surface area contributed by atoms with Crippen molar-refractivity contribution in [2.45, 2.75) is 19.8 Å². The molecule has 1 aromatic rings. The highest BCUT2D eigenvalue weighted by Crippen LogP contribution is 2.44. The lowest BCUT2D eigenvalue weighted by atomic mass is 10.00. The van der Waals surface area contributed by atoms with Crippen LogP contribution < -0.4 is 4.90 Å². The van der Waals surface area contributed by atoms with E-state index in [0.29, 0.717) is 17.2 Å². The number of para-hydroxylation sites is 1. The molecule has 4 nitrogen and oxygen atoms in total. The average molecular weight is 283 g/mol. The lowest BCUT2D eigenvalue weighted by Gasteiger charge is -2.18. The van der Waals surface area contributed by atoms with Gasteiger partial charge in [0.05, 0.1) is 17.5 Å². The number of aliphatic hydroxyl groups excluding tert-OH is 1. The molecular weight excluding hydrogens is 266 g/mol. The van der Waals surface area contributed by atoms with Crippen LogP contribution in [0, 0.1) is 29.6 Å². The summed E-state index contributed by atoms with van der Waals surface area (Å²) in [5, 5.41) is 8.83. The van der Waals surface area contributed by atoms with E-state index in [1.165, 1.54) is 4.90 Å². The zero-order chi connectivity index (χ0) is 15.0. The molecule has 1 aliphatic carbocycles. The van der Waals surface area contributed by atoms with Crippen molar-refractivity contribution in [1.82, 2.24) is 0 Å². The predicted octanol–water partition coefficient (Wildman–Crippen LogP) is 1.57. The van der Waals surface area contributed by atoms with Crippen molar-refractivity contribution < 1.29 is 14.7 Å². The van der Waals surface area contributed by atoms with Crippen molar-refractivity contribution in [3.8, 4) is 11.8 Å². The maximum absolute atomic E-state index is 12.6. The molecule has 0 spiro atoms. The van der Waals surface area contributed by atoms with Gasteiger partial charge in [-0.15, -0.1) is 0 Å². The standard InChI is InChI=1S/C17H17NO3/c1-11-9-13-14(10-11)17(21)18(16(13)20)15-7-3-2-5-12(15)6-4-8-19/h2-3,5,7,11,13-14,19H,8-10H2,1H3. The first-order chi connectivity index (χ1) is 10.1. The van der Waals surface area contributed by atoms with E-state index in [4.69, 9.17) is 5.11 Å². The molecule has 1 N–H and O–H groups in total. The Bertz CT molecular complexity index is 631. The molecule has 2 fully saturated rings. The Morgan fingerprint density at radius 3 is 2.43 bits per heavy atom. The zero-order valence-electron chi connectivity index (χ0n) is 11.9. The summed E-state index contributed by atoms with van der Waals surface area (Å²) in [6, 6.07) is 7.09. The van der Waals surface area contributed by atoms with Gasteiger partial charge in [0, 0.05) is 5.56 Å². The Balaban J connectivity index is 1.99. The number of carbonyl (C=O) groups excluding carboxylic acids is 2. The summed E-state index contributed by atoms with van der Waals surface area (Å²) in [6.07, 6.45) is 1.58. The first-order valence-corrected chi connectivity index (χ1v) is 7.20. The third kappa shape index (κ3) is 2.24. The Morgan fingerprint density at radius 1 is 1.19 bits per heavy atom. The van der Waals surface area contributed by atoms with E-state index in [2.05, 4.69) is 18.8 Å². The van der Waals surface area contributed by atoms with Crippen molar-refractivity contribution in [1.29, 1.82) is 0 Å². The summed E-state index contributed by atoms with van der Waals surface area (Å²) in [6.45, 7) is 1.84. The lowest BCUT2D eigenvalue weighted by Crippen LogP contribution is -2.32. The molecule has 1 heterocycles. The van der Waals surface area contributed by atoms with Gasteiger partial charge in [-0.2, -0.15) is 0 Å². The van der Waals surface area contributed by atoms with Gasteiger partial charge in [-0.3, -0.25) is 9.59 Å². The van der Waals surface area contributed by atoms with Gasteiger partial charge < -0.3 is 5.11 Å². The average Bonchev–Trinajstić information content (AvgIpc) is 2.96. The second kappa shape index (κ2) is 5.34. The number of amides is 2. The highest BCUT2D eigenvalue weighted by molar-refractivity contribution is 6.22. The number of fused-ring (bicyclic) bond motifs is 1. The molecule has 1 saturated carbocycles. The van der Waals surface area contributed by atoms with Crippen LogP contribution in [0.25, 0.3) is 0 Å². The number of nitrogens with zero attached hydrogens (tertiary/aromatic N) is 1. The monoisotopic (exact) mass is 283 g/mol. The second-order valence-corrected chi connectivity index (χ2v) is 5.78. The highest BCUT2D eigenvalue weighted by atomic mass is 16.2. The maximum Gasteiger partial charge on any atom is 0.237 e. The van der Waals surface area contributed by atoms with Crippen LogP contribution >= 0.6 is 0 Å². The third-order valence-corrected chi connectivity index (χ3v) is 4.32. The molecule has 2 atom stereocenters. The van der Waals surface area contributed by atoms with Gasteiger partial charge in [0.15, 0.2) is 0 Å². The van der Waals surface area contributed by atoms with E-state index in [-0.39, 0.29) is 30.3 Å². The van der Waals surface area contributed by atoms with Gasteiger partial charge in [0.25, 0.3) is 0 Å². The fraction of sp³-hybridized carbons (Fsp3) is 0.412. The van der Waals surface area contributed by atoms with E-state index in [0.717, 1.165) is 12.8 Å². The quantitative estimate of drug-likeness (QED) is 0.628. The zero-order valence-corrected chi connectivity index (χ0v) is 11.9. The number of carbonyl (C=O) groups is 2. The van der Waals surface area contributed by atoms with Crippen LogP contribution in [0.15, 0.2) is 24.3 Å². The first-order valence-electron chi connectivity index (χ1n) is 7.20. The minimum atomic E-state index is -0.251. The second-order valence-electron chi connectivity index (χ2n) is 5.78. The van der Waals surface area contributed by atoms with Crippen LogP contribution in [-0.2, 0) is 9.59 Å². The van der Waals surface area contributed by atoms with E-state index in [1.54, 1.807) is 24.3 Å². The van der Waals surface area contributed by atoms with Crippen LogP contribution in [0.1, 0.15) is 25.3 Å². The number of aliphatic hydroxyl groups is 1. The summed E-state index contributed by atoms with van der Waals surface area (Å²) < 4.78 is 0. The Morgan fingerprint density at radius 2 is 1.81 bits per heavy atom. The van der Waals surface area contributed by atoms with Crippen molar-refractivity contribution in [3.63, 3.8) is 0 Å². The smallest absolute Gasteiger partial charge is 0.237 e. The van der Waals surface area contributed by atoms with Crippen molar-refractivity contribution in [2.75, 3.05) is 11.5 Å². The largest absolute Gasteiger partial charge is 0.384 e. The van der Waals surface area contributed by atoms with Gasteiger partial charge in [-0.05, 0) is 30.9 Å². The van der Waals surface area contributed by atoms with Crippen LogP contribution in [0.3, 0.4) is 0 Å². The summed E-state index contributed by atoms with van der Waals surface area (Å²) >= 11 is 0. The molecule has 1 saturated heterocycles. The molecule has 0 radical (unpaired) electrons. The lowest BCUT2D eigenvalue weighted by molar-refractivity contribution is -0.123. The predicted molar refractivity (Wildman–Crippen MR) is 78.3 cm³/mol. The summed E-state index contributed by atoms with van der Waals surface area (Å²) in [7, 11) is 0. The number of benzene rings is 1. The van der Waals surface area contributed by atoms with Gasteiger partial charge in [-0.1, -0.05) is 30.9 Å². The van der Waals surface area contributed by atoms with Gasteiger partial charge in [0.1, 0.15) is 6.61 Å². The molecule has 0 aromatic heterocycles. The molecule has 3 rings (SSSR count). The molecule has 2 unspecified atom stereocenters. The summed E-state index contributed by atoms with van der Waals surface area (Å²) in [5.41, 5.74) is 1.14. The number of rotatable bonds is 1. The third-order valence-electron chi connectivity index (χ3n) is 4.32. The molecule has 0 bridgehead atoms. The van der Waals surface area contributed by atoms with Crippen molar-refractivity contribution in [2.24, 2.45) is 17.8 Å². The van der Waals surface area contributed by atoms with E-state index in [9.17, 15) is 9.59 Å². The van der Waals surface area contributed by atoms with Crippen LogP contribution in [0.5, 0.6) is 0 Å². The fourth-order valence-corrected chi connectivity index (χ4v) is 3.42. The van der Waals surface area contributed by atoms with Crippen LogP contribution in [0.4, 0.5) is 5.69 Å². The number of hydrogen-bond acceptors (Lipinski definition) is 3. The highest BCUT2D eigenvalue weighted by Gasteiger charge is 2.52. The molecule has 108 valence electrons. The Kier molecular flexibility index (Phi) is 3.52. The van der Waals surface area contributed by atoms with E-state index in [1.807, 2.05) is 0 Å². The molecule has 1 aromatic carbocycles. The van der Waals surface area contributed by atoms with Crippen molar-refractivity contribution in [3.05, 3.63) is 29.8 Å². The maximum atomic E-state index is 12.6. The van der Waals surface area contributed by atoms with Gasteiger partial charge in [-0.25, -0.2) is 4.90 Å². The van der Waals surface area contributed by atoms with Crippen LogP contribution in [-0.4, -0.2) is 23.5 Å². The number of anilines is 1. The van der Waals surface area contributed by atoms with E-state index >= 15 is 0 Å². The number of hydrogen-bond donors (Lipinski definition) is 1. The Labute approximate surface area is 123 Å². The normalized spacial score (nSPS) is 27.5. The Hall–Kier alpha value is -2.12. The molecule has 2 aliphatic rings. The fourth-order valence-electron chi connectivity index (χ4n) is 3.42.